The Morgan fingerprint density at radius 3 is 2.20 bits per heavy atom. The van der Waals surface area contributed by atoms with Crippen molar-refractivity contribution >= 4 is 11.7 Å². The molecule has 0 amide bonds. The molecular weight excluding hydrogens is 256 g/mol. The number of rotatable bonds is 6. The number of benzene rings is 1. The van der Waals surface area contributed by atoms with Crippen molar-refractivity contribution in [2.45, 2.75) is 52.9 Å². The molecule has 0 aliphatic rings. The van der Waals surface area contributed by atoms with Crippen LogP contribution in [0.5, 0.6) is 5.75 Å². The third-order valence-corrected chi connectivity index (χ3v) is 3.17. The lowest BCUT2D eigenvalue weighted by molar-refractivity contribution is -0.00568. The fourth-order valence-corrected chi connectivity index (χ4v) is 2.49. The van der Waals surface area contributed by atoms with E-state index in [-0.39, 0.29) is 17.5 Å². The van der Waals surface area contributed by atoms with Gasteiger partial charge in [0.1, 0.15) is 12.0 Å². The summed E-state index contributed by atoms with van der Waals surface area (Å²) in [6, 6.07) is 5.38. The molecule has 0 radical (unpaired) electrons. The van der Waals surface area contributed by atoms with Crippen molar-refractivity contribution in [2.24, 2.45) is 0 Å². The van der Waals surface area contributed by atoms with Gasteiger partial charge >= 0.3 is 5.97 Å². The molecule has 1 aromatic carbocycles. The summed E-state index contributed by atoms with van der Waals surface area (Å²) in [5, 5.41) is 9.06. The zero-order valence-electron chi connectivity index (χ0n) is 12.8. The Hall–Kier alpha value is -1.75. The van der Waals surface area contributed by atoms with Gasteiger partial charge < -0.3 is 15.6 Å². The molecular formula is C15H24N2O3. The van der Waals surface area contributed by atoms with Gasteiger partial charge in [0.05, 0.1) is 5.56 Å². The molecule has 1 aromatic rings. The normalized spacial score (nSPS) is 13.0. The van der Waals surface area contributed by atoms with Gasteiger partial charge in [-0.05, 0) is 52.8 Å². The number of anilines is 1. The van der Waals surface area contributed by atoms with E-state index in [9.17, 15) is 4.79 Å². The molecule has 5 nitrogen and oxygen atoms in total. The smallest absolute Gasteiger partial charge is 0.337 e. The van der Waals surface area contributed by atoms with Crippen LogP contribution < -0.4 is 10.5 Å². The van der Waals surface area contributed by atoms with Gasteiger partial charge in [-0.3, -0.25) is 4.90 Å². The monoisotopic (exact) mass is 280 g/mol. The van der Waals surface area contributed by atoms with E-state index in [1.165, 1.54) is 6.07 Å². The zero-order chi connectivity index (χ0) is 15.4. The second-order valence-electron chi connectivity index (χ2n) is 5.41. The van der Waals surface area contributed by atoms with Gasteiger partial charge in [-0.2, -0.15) is 0 Å². The van der Waals surface area contributed by atoms with Crippen LogP contribution in [0.3, 0.4) is 0 Å². The first-order valence-corrected chi connectivity index (χ1v) is 6.81. The summed E-state index contributed by atoms with van der Waals surface area (Å²) in [6.07, 6.45) is -0.153. The number of hydrogen-bond acceptors (Lipinski definition) is 4. The van der Waals surface area contributed by atoms with Crippen LogP contribution in [-0.2, 0) is 0 Å². The molecule has 112 valence electrons. The SMILES string of the molecule is CC(C)N(C(C)C)C(C)Oc1ccc(N)c(C(=O)O)c1. The van der Waals surface area contributed by atoms with E-state index in [1.807, 2.05) is 6.92 Å². The molecule has 0 fully saturated rings. The molecule has 0 saturated carbocycles. The minimum atomic E-state index is -1.05. The standard InChI is InChI=1S/C15H24N2O3/c1-9(2)17(10(3)4)11(5)20-12-6-7-14(16)13(8-12)15(18)19/h6-11H,16H2,1-5H3,(H,18,19). The topological polar surface area (TPSA) is 75.8 Å². The maximum absolute atomic E-state index is 11.1. The Kier molecular flexibility index (Phi) is 5.39. The predicted octanol–water partition coefficient (Wildman–Crippen LogP) is 2.81. The van der Waals surface area contributed by atoms with Gasteiger partial charge in [-0.1, -0.05) is 0 Å². The number of carboxylic acid groups (broad SMARTS) is 1. The summed E-state index contributed by atoms with van der Waals surface area (Å²) in [6.45, 7) is 10.4. The lowest BCUT2D eigenvalue weighted by Gasteiger charge is -2.36. The average molecular weight is 280 g/mol. The summed E-state index contributed by atoms with van der Waals surface area (Å²) in [5.74, 6) is -0.541. The fourth-order valence-electron chi connectivity index (χ4n) is 2.49. The second-order valence-corrected chi connectivity index (χ2v) is 5.41. The van der Waals surface area contributed by atoms with Gasteiger partial charge in [0.2, 0.25) is 0 Å². The molecule has 0 heterocycles. The summed E-state index contributed by atoms with van der Waals surface area (Å²) in [7, 11) is 0. The number of hydrogen-bond donors (Lipinski definition) is 2. The van der Waals surface area contributed by atoms with Gasteiger partial charge in [0, 0.05) is 17.8 Å². The number of nitrogens with zero attached hydrogens (tertiary/aromatic N) is 1. The molecule has 0 aromatic heterocycles. The van der Waals surface area contributed by atoms with Crippen molar-refractivity contribution in [1.29, 1.82) is 0 Å². The minimum absolute atomic E-state index is 0.0651. The number of aromatic carboxylic acids is 1. The first-order chi connectivity index (χ1) is 9.23. The zero-order valence-corrected chi connectivity index (χ0v) is 12.8. The molecule has 3 N–H and O–H groups in total. The van der Waals surface area contributed by atoms with Gasteiger partial charge in [0.15, 0.2) is 0 Å². The first-order valence-electron chi connectivity index (χ1n) is 6.81. The Balaban J connectivity index is 2.92. The quantitative estimate of drug-likeness (QED) is 0.619. The van der Waals surface area contributed by atoms with E-state index in [0.717, 1.165) is 0 Å². The molecule has 1 rings (SSSR count). The van der Waals surface area contributed by atoms with Crippen molar-refractivity contribution in [3.05, 3.63) is 23.8 Å². The lowest BCUT2D eigenvalue weighted by atomic mass is 10.1. The highest BCUT2D eigenvalue weighted by atomic mass is 16.5. The van der Waals surface area contributed by atoms with E-state index < -0.39 is 5.97 Å². The third-order valence-electron chi connectivity index (χ3n) is 3.17. The number of ether oxygens (including phenoxy) is 1. The predicted molar refractivity (Wildman–Crippen MR) is 80.0 cm³/mol. The summed E-state index contributed by atoms with van der Waals surface area (Å²) >= 11 is 0. The van der Waals surface area contributed by atoms with E-state index in [2.05, 4.69) is 32.6 Å². The van der Waals surface area contributed by atoms with Crippen LogP contribution in [-0.4, -0.2) is 34.3 Å². The number of carbonyl (C=O) groups is 1. The Bertz CT molecular complexity index is 464. The molecule has 0 spiro atoms. The Morgan fingerprint density at radius 2 is 1.75 bits per heavy atom. The van der Waals surface area contributed by atoms with Gasteiger partial charge in [0.25, 0.3) is 0 Å². The van der Waals surface area contributed by atoms with E-state index in [1.54, 1.807) is 12.1 Å². The van der Waals surface area contributed by atoms with Crippen molar-refractivity contribution in [3.8, 4) is 5.75 Å². The van der Waals surface area contributed by atoms with E-state index in [4.69, 9.17) is 15.6 Å². The van der Waals surface area contributed by atoms with E-state index in [0.29, 0.717) is 17.8 Å². The summed E-state index contributed by atoms with van der Waals surface area (Å²) < 4.78 is 5.85. The second kappa shape index (κ2) is 6.61. The lowest BCUT2D eigenvalue weighted by Crippen LogP contribution is -2.46. The Labute approximate surface area is 120 Å². The van der Waals surface area contributed by atoms with Crippen LogP contribution in [0.2, 0.25) is 0 Å². The van der Waals surface area contributed by atoms with Crippen LogP contribution in [0.25, 0.3) is 0 Å². The van der Waals surface area contributed by atoms with Crippen LogP contribution >= 0.6 is 0 Å². The van der Waals surface area contributed by atoms with Crippen molar-refractivity contribution in [3.63, 3.8) is 0 Å². The highest BCUT2D eigenvalue weighted by Gasteiger charge is 2.22. The van der Waals surface area contributed by atoms with Crippen molar-refractivity contribution < 1.29 is 14.6 Å². The van der Waals surface area contributed by atoms with Gasteiger partial charge in [-0.15, -0.1) is 0 Å². The van der Waals surface area contributed by atoms with Crippen molar-refractivity contribution in [1.82, 2.24) is 4.90 Å². The van der Waals surface area contributed by atoms with Crippen LogP contribution in [0.4, 0.5) is 5.69 Å². The van der Waals surface area contributed by atoms with Crippen LogP contribution in [0.15, 0.2) is 18.2 Å². The highest BCUT2D eigenvalue weighted by Crippen LogP contribution is 2.22. The summed E-state index contributed by atoms with van der Waals surface area (Å²) in [5.41, 5.74) is 5.93. The molecule has 0 saturated heterocycles. The molecule has 1 unspecified atom stereocenters. The van der Waals surface area contributed by atoms with E-state index >= 15 is 0 Å². The van der Waals surface area contributed by atoms with Crippen LogP contribution in [0.1, 0.15) is 45.0 Å². The first kappa shape index (κ1) is 16.3. The van der Waals surface area contributed by atoms with Gasteiger partial charge in [-0.25, -0.2) is 4.79 Å². The highest BCUT2D eigenvalue weighted by molar-refractivity contribution is 5.94. The third kappa shape index (κ3) is 3.87. The number of carboxylic acids is 1. The fraction of sp³-hybridized carbons (Fsp3) is 0.533. The molecule has 1 atom stereocenters. The summed E-state index contributed by atoms with van der Waals surface area (Å²) in [4.78, 5) is 13.3. The molecule has 0 aliphatic heterocycles. The van der Waals surface area contributed by atoms with Crippen molar-refractivity contribution in [2.75, 3.05) is 5.73 Å². The molecule has 20 heavy (non-hydrogen) atoms. The maximum atomic E-state index is 11.1. The Morgan fingerprint density at radius 1 is 1.20 bits per heavy atom. The largest absolute Gasteiger partial charge is 0.478 e. The molecule has 5 heteroatoms. The minimum Gasteiger partial charge on any atom is -0.478 e. The molecule has 0 bridgehead atoms. The van der Waals surface area contributed by atoms with Crippen LogP contribution in [0, 0.1) is 0 Å². The number of nitrogen functional groups attached to an aromatic ring is 1. The molecule has 0 aliphatic carbocycles. The maximum Gasteiger partial charge on any atom is 0.337 e. The average Bonchev–Trinajstić information content (AvgIpc) is 2.30. The number of nitrogens with two attached hydrogens (primary N) is 1.